The molecule has 0 aliphatic carbocycles. The number of rotatable bonds is 2. The number of carboxylic acid groups (broad SMARTS) is 1. The summed E-state index contributed by atoms with van der Waals surface area (Å²) in [6.07, 6.45) is -0.369. The standard InChI is InChI=1S/C15H18F2N2O3/c16-13(17)10-1-4-18-12(7-10)11-8-15(22-9-11)2-5-19(6-3-15)14(20)21/h1,4,7,11,13H,2-3,5-6,8-9H2,(H,20,21)/p-1. The normalized spacial score (nSPS) is 24.1. The summed E-state index contributed by atoms with van der Waals surface area (Å²) in [5, 5.41) is 10.8. The lowest BCUT2D eigenvalue weighted by Gasteiger charge is -2.39. The van der Waals surface area contributed by atoms with Crippen LogP contribution in [0.2, 0.25) is 0 Å². The molecular weight excluding hydrogens is 294 g/mol. The first-order chi connectivity index (χ1) is 10.5. The second kappa shape index (κ2) is 5.79. The van der Waals surface area contributed by atoms with Crippen molar-refractivity contribution in [2.45, 2.75) is 37.2 Å². The molecule has 3 rings (SSSR count). The van der Waals surface area contributed by atoms with E-state index in [-0.39, 0.29) is 17.1 Å². The lowest BCUT2D eigenvalue weighted by molar-refractivity contribution is -0.268. The SMILES string of the molecule is O=C([O-])N1CCC2(CC1)CC(c1cc(C(F)F)ccn1)CO2. The van der Waals surface area contributed by atoms with Gasteiger partial charge in [-0.2, -0.15) is 0 Å². The summed E-state index contributed by atoms with van der Waals surface area (Å²) < 4.78 is 31.5. The van der Waals surface area contributed by atoms with E-state index in [4.69, 9.17) is 4.74 Å². The van der Waals surface area contributed by atoms with Crippen molar-refractivity contribution in [1.82, 2.24) is 9.88 Å². The van der Waals surface area contributed by atoms with Crippen LogP contribution in [0, 0.1) is 0 Å². The van der Waals surface area contributed by atoms with Crippen LogP contribution in [0.15, 0.2) is 18.3 Å². The molecule has 22 heavy (non-hydrogen) atoms. The Morgan fingerprint density at radius 1 is 1.45 bits per heavy atom. The Bertz CT molecular complexity index is 559. The highest BCUT2D eigenvalue weighted by atomic mass is 19.3. The zero-order chi connectivity index (χ0) is 15.7. The van der Waals surface area contributed by atoms with Gasteiger partial charge in [-0.3, -0.25) is 4.98 Å². The van der Waals surface area contributed by atoms with Gasteiger partial charge in [-0.05, 0) is 31.4 Å². The summed E-state index contributed by atoms with van der Waals surface area (Å²) in [5.74, 6) is -0.0202. The number of hydrogen-bond donors (Lipinski definition) is 0. The van der Waals surface area contributed by atoms with E-state index in [1.165, 1.54) is 23.2 Å². The molecule has 5 nitrogen and oxygen atoms in total. The number of hydrogen-bond acceptors (Lipinski definition) is 4. The maximum atomic E-state index is 12.8. The Hall–Kier alpha value is -1.76. The Balaban J connectivity index is 1.68. The third-order valence-corrected chi connectivity index (χ3v) is 4.62. The van der Waals surface area contributed by atoms with E-state index in [2.05, 4.69) is 4.98 Å². The van der Waals surface area contributed by atoms with E-state index in [9.17, 15) is 18.7 Å². The van der Waals surface area contributed by atoms with Crippen molar-refractivity contribution in [3.05, 3.63) is 29.6 Å². The Labute approximate surface area is 126 Å². The number of halogens is 2. The van der Waals surface area contributed by atoms with Crippen molar-refractivity contribution >= 4 is 6.09 Å². The van der Waals surface area contributed by atoms with E-state index >= 15 is 0 Å². The van der Waals surface area contributed by atoms with E-state index in [1.54, 1.807) is 0 Å². The van der Waals surface area contributed by atoms with Crippen molar-refractivity contribution < 1.29 is 23.4 Å². The van der Waals surface area contributed by atoms with E-state index in [0.29, 0.717) is 44.7 Å². The first kappa shape index (κ1) is 15.1. The first-order valence-corrected chi connectivity index (χ1v) is 7.33. The molecule has 0 saturated carbocycles. The van der Waals surface area contributed by atoms with Gasteiger partial charge in [0, 0.05) is 36.5 Å². The Morgan fingerprint density at radius 3 is 2.82 bits per heavy atom. The molecule has 1 amide bonds. The highest BCUT2D eigenvalue weighted by Crippen LogP contribution is 2.42. The first-order valence-electron chi connectivity index (χ1n) is 7.33. The van der Waals surface area contributed by atoms with E-state index < -0.39 is 12.5 Å². The lowest BCUT2D eigenvalue weighted by Crippen LogP contribution is -2.50. The maximum absolute atomic E-state index is 12.8. The third-order valence-electron chi connectivity index (χ3n) is 4.62. The van der Waals surface area contributed by atoms with Crippen LogP contribution in [-0.2, 0) is 4.74 Å². The molecule has 2 saturated heterocycles. The Kier molecular flexibility index (Phi) is 3.99. The molecule has 0 N–H and O–H groups in total. The highest BCUT2D eigenvalue weighted by Gasteiger charge is 2.43. The van der Waals surface area contributed by atoms with Crippen LogP contribution in [-0.4, -0.2) is 41.3 Å². The number of pyridine rings is 1. The molecule has 0 aromatic carbocycles. The predicted octanol–water partition coefficient (Wildman–Crippen LogP) is 1.70. The average molecular weight is 311 g/mol. The fourth-order valence-electron chi connectivity index (χ4n) is 3.30. The van der Waals surface area contributed by atoms with Gasteiger partial charge in [0.15, 0.2) is 0 Å². The summed E-state index contributed by atoms with van der Waals surface area (Å²) in [5.41, 5.74) is 0.230. The lowest BCUT2D eigenvalue weighted by atomic mass is 9.84. The number of carbonyl (C=O) groups excluding carboxylic acids is 1. The summed E-state index contributed by atoms with van der Waals surface area (Å²) >= 11 is 0. The van der Waals surface area contributed by atoms with Gasteiger partial charge in [0.25, 0.3) is 6.43 Å². The van der Waals surface area contributed by atoms with Gasteiger partial charge in [0.05, 0.1) is 12.2 Å². The van der Waals surface area contributed by atoms with E-state index in [0.717, 1.165) is 0 Å². The fourth-order valence-corrected chi connectivity index (χ4v) is 3.30. The number of likely N-dealkylation sites (tertiary alicyclic amines) is 1. The molecular formula is C15H17F2N2O3-. The predicted molar refractivity (Wildman–Crippen MR) is 71.4 cm³/mol. The smallest absolute Gasteiger partial charge is 0.263 e. The van der Waals surface area contributed by atoms with Crippen LogP contribution >= 0.6 is 0 Å². The van der Waals surface area contributed by atoms with Crippen LogP contribution in [0.25, 0.3) is 0 Å². The van der Waals surface area contributed by atoms with Crippen molar-refractivity contribution in [2.24, 2.45) is 0 Å². The zero-order valence-corrected chi connectivity index (χ0v) is 12.0. The van der Waals surface area contributed by atoms with E-state index in [1.807, 2.05) is 0 Å². The van der Waals surface area contributed by atoms with Crippen molar-refractivity contribution in [3.8, 4) is 0 Å². The molecule has 0 radical (unpaired) electrons. The molecule has 1 aromatic rings. The third kappa shape index (κ3) is 2.90. The van der Waals surface area contributed by atoms with Gasteiger partial charge in [0.1, 0.15) is 6.09 Å². The molecule has 2 aliphatic heterocycles. The van der Waals surface area contributed by atoms with Gasteiger partial charge >= 0.3 is 0 Å². The van der Waals surface area contributed by atoms with Gasteiger partial charge in [-0.1, -0.05) is 0 Å². The van der Waals surface area contributed by atoms with Crippen LogP contribution in [0.3, 0.4) is 0 Å². The average Bonchev–Trinajstić information content (AvgIpc) is 2.92. The summed E-state index contributed by atoms with van der Waals surface area (Å²) in [6.45, 7) is 1.21. The fraction of sp³-hybridized carbons (Fsp3) is 0.600. The summed E-state index contributed by atoms with van der Waals surface area (Å²) in [6, 6.07) is 2.76. The molecule has 7 heteroatoms. The summed E-state index contributed by atoms with van der Waals surface area (Å²) in [4.78, 5) is 16.3. The number of alkyl halides is 2. The van der Waals surface area contributed by atoms with Gasteiger partial charge in [0.2, 0.25) is 0 Å². The number of piperidine rings is 1. The monoisotopic (exact) mass is 311 g/mol. The molecule has 1 atom stereocenters. The molecule has 1 unspecified atom stereocenters. The minimum atomic E-state index is -2.51. The maximum Gasteiger partial charge on any atom is 0.263 e. The van der Waals surface area contributed by atoms with Crippen LogP contribution in [0.1, 0.15) is 42.9 Å². The van der Waals surface area contributed by atoms with Gasteiger partial charge in [-0.15, -0.1) is 0 Å². The second-order valence-electron chi connectivity index (χ2n) is 5.96. The minimum absolute atomic E-state index is 0.0202. The van der Waals surface area contributed by atoms with Crippen molar-refractivity contribution in [2.75, 3.05) is 19.7 Å². The number of nitrogens with zero attached hydrogens (tertiary/aromatic N) is 2. The number of carbonyl (C=O) groups is 1. The number of aromatic nitrogens is 1. The van der Waals surface area contributed by atoms with Crippen molar-refractivity contribution in [1.29, 1.82) is 0 Å². The molecule has 3 heterocycles. The topological polar surface area (TPSA) is 65.5 Å². The number of amides is 1. The largest absolute Gasteiger partial charge is 0.530 e. The number of ether oxygens (including phenoxy) is 1. The van der Waals surface area contributed by atoms with Gasteiger partial charge < -0.3 is 19.5 Å². The molecule has 1 spiro atoms. The summed E-state index contributed by atoms with van der Waals surface area (Å²) in [7, 11) is 0. The quantitative estimate of drug-likeness (QED) is 0.834. The highest BCUT2D eigenvalue weighted by molar-refractivity contribution is 5.62. The Morgan fingerprint density at radius 2 is 2.18 bits per heavy atom. The minimum Gasteiger partial charge on any atom is -0.530 e. The van der Waals surface area contributed by atoms with Crippen molar-refractivity contribution in [3.63, 3.8) is 0 Å². The second-order valence-corrected chi connectivity index (χ2v) is 5.96. The molecule has 0 bridgehead atoms. The molecule has 2 aliphatic rings. The van der Waals surface area contributed by atoms with Crippen LogP contribution in [0.5, 0.6) is 0 Å². The molecule has 1 aromatic heterocycles. The molecule has 120 valence electrons. The zero-order valence-electron chi connectivity index (χ0n) is 12.0. The van der Waals surface area contributed by atoms with Gasteiger partial charge in [-0.25, -0.2) is 8.78 Å². The molecule has 2 fully saturated rings. The van der Waals surface area contributed by atoms with Crippen LogP contribution in [0.4, 0.5) is 13.6 Å². The van der Waals surface area contributed by atoms with Crippen LogP contribution < -0.4 is 5.11 Å².